The number of amides is 1. The van der Waals surface area contributed by atoms with Gasteiger partial charge in [-0.3, -0.25) is 4.79 Å². The molecule has 0 atom stereocenters. The first-order valence-corrected chi connectivity index (χ1v) is 11.2. The number of rotatable bonds is 9. The van der Waals surface area contributed by atoms with Gasteiger partial charge in [-0.15, -0.1) is 31.7 Å². The van der Waals surface area contributed by atoms with Crippen LogP contribution in [0.4, 0.5) is 0 Å². The van der Waals surface area contributed by atoms with E-state index in [9.17, 15) is 4.79 Å². The number of hydrogen-bond donors (Lipinski definition) is 0. The lowest BCUT2D eigenvalue weighted by Crippen LogP contribution is -2.32. The summed E-state index contributed by atoms with van der Waals surface area (Å²) < 4.78 is 7.74. The molecule has 0 bridgehead atoms. The van der Waals surface area contributed by atoms with Crippen molar-refractivity contribution in [3.8, 4) is 10.8 Å². The van der Waals surface area contributed by atoms with Crippen LogP contribution in [-0.4, -0.2) is 48.1 Å². The normalized spacial score (nSPS) is 13.8. The van der Waals surface area contributed by atoms with Gasteiger partial charge in [-0.25, -0.2) is 0 Å². The third kappa shape index (κ3) is 4.27. The van der Waals surface area contributed by atoms with Crippen molar-refractivity contribution in [2.45, 2.75) is 43.8 Å². The van der Waals surface area contributed by atoms with Gasteiger partial charge in [-0.1, -0.05) is 24.8 Å². The molecule has 8 nitrogen and oxygen atoms in total. The summed E-state index contributed by atoms with van der Waals surface area (Å²) in [5, 5.41) is 19.4. The fourth-order valence-electron chi connectivity index (χ4n) is 2.91. The second-order valence-corrected chi connectivity index (χ2v) is 8.65. The quantitative estimate of drug-likeness (QED) is 0.492. The summed E-state index contributed by atoms with van der Waals surface area (Å²) in [6.45, 7) is 3.00. The van der Waals surface area contributed by atoms with Crippen molar-refractivity contribution in [3.05, 3.63) is 29.2 Å². The summed E-state index contributed by atoms with van der Waals surface area (Å²) in [5.74, 6) is 2.84. The number of carbonyl (C=O) groups excluding carboxylic acids is 1. The number of thiophene rings is 1. The first-order valence-electron chi connectivity index (χ1n) is 9.31. The van der Waals surface area contributed by atoms with Gasteiger partial charge in [0.05, 0.1) is 17.2 Å². The summed E-state index contributed by atoms with van der Waals surface area (Å²) in [6, 6.07) is 3.87. The van der Waals surface area contributed by atoms with E-state index in [1.54, 1.807) is 16.2 Å². The number of hydrogen-bond acceptors (Lipinski definition) is 8. The number of carbonyl (C=O) groups is 1. The SMILES string of the molecule is CCCN(Cc1nnc(-c2cccs2)o1)C(=O)CSc1nnc(C2CC2)n1C. The average Bonchev–Trinajstić information content (AvgIpc) is 3.09. The Hall–Kier alpha value is -2.20. The van der Waals surface area contributed by atoms with Crippen LogP contribution in [0.3, 0.4) is 0 Å². The summed E-state index contributed by atoms with van der Waals surface area (Å²) in [4.78, 5) is 15.5. The van der Waals surface area contributed by atoms with Crippen LogP contribution in [0.1, 0.15) is 43.8 Å². The highest BCUT2D eigenvalue weighted by Crippen LogP contribution is 2.39. The molecule has 0 saturated heterocycles. The van der Waals surface area contributed by atoms with Gasteiger partial charge < -0.3 is 13.9 Å². The Kier molecular flexibility index (Phi) is 5.77. The van der Waals surface area contributed by atoms with Crippen LogP contribution in [0, 0.1) is 0 Å². The fourth-order valence-corrected chi connectivity index (χ4v) is 4.37. The first-order chi connectivity index (χ1) is 13.7. The highest BCUT2D eigenvalue weighted by Gasteiger charge is 2.29. The summed E-state index contributed by atoms with van der Waals surface area (Å²) in [5.41, 5.74) is 0. The molecule has 1 aliphatic rings. The highest BCUT2D eigenvalue weighted by molar-refractivity contribution is 7.99. The molecule has 1 amide bonds. The van der Waals surface area contributed by atoms with Crippen LogP contribution in [0.5, 0.6) is 0 Å². The smallest absolute Gasteiger partial charge is 0.257 e. The molecule has 28 heavy (non-hydrogen) atoms. The molecule has 3 heterocycles. The maximum atomic E-state index is 12.8. The second kappa shape index (κ2) is 8.44. The molecule has 0 radical (unpaired) electrons. The topological polar surface area (TPSA) is 89.9 Å². The number of nitrogens with zero attached hydrogens (tertiary/aromatic N) is 6. The maximum Gasteiger partial charge on any atom is 0.257 e. The molecular weight excluding hydrogens is 396 g/mol. The molecule has 1 aliphatic carbocycles. The van der Waals surface area contributed by atoms with E-state index in [0.29, 0.717) is 36.5 Å². The molecule has 4 rings (SSSR count). The zero-order valence-electron chi connectivity index (χ0n) is 15.9. The van der Waals surface area contributed by atoms with Crippen molar-refractivity contribution < 1.29 is 9.21 Å². The van der Waals surface area contributed by atoms with Gasteiger partial charge in [0.1, 0.15) is 5.82 Å². The molecule has 3 aromatic heterocycles. The molecule has 0 aliphatic heterocycles. The van der Waals surface area contributed by atoms with Gasteiger partial charge >= 0.3 is 0 Å². The molecule has 1 fully saturated rings. The predicted molar refractivity (Wildman–Crippen MR) is 107 cm³/mol. The Labute approximate surface area is 171 Å². The van der Waals surface area contributed by atoms with Gasteiger partial charge in [0.15, 0.2) is 5.16 Å². The third-order valence-corrected chi connectivity index (χ3v) is 6.37. The molecule has 0 spiro atoms. The van der Waals surface area contributed by atoms with E-state index in [4.69, 9.17) is 4.42 Å². The lowest BCUT2D eigenvalue weighted by Gasteiger charge is -2.19. The number of aromatic nitrogens is 5. The van der Waals surface area contributed by atoms with Crippen molar-refractivity contribution >= 4 is 29.0 Å². The molecule has 0 N–H and O–H groups in total. The lowest BCUT2D eigenvalue weighted by molar-refractivity contribution is -0.129. The zero-order chi connectivity index (χ0) is 19.5. The van der Waals surface area contributed by atoms with E-state index in [1.165, 1.54) is 24.6 Å². The maximum absolute atomic E-state index is 12.8. The van der Waals surface area contributed by atoms with Crippen molar-refractivity contribution in [1.82, 2.24) is 29.9 Å². The Morgan fingerprint density at radius 1 is 1.36 bits per heavy atom. The van der Waals surface area contributed by atoms with Gasteiger partial charge in [0.25, 0.3) is 5.89 Å². The van der Waals surface area contributed by atoms with Crippen LogP contribution >= 0.6 is 23.1 Å². The minimum Gasteiger partial charge on any atom is -0.418 e. The fraction of sp³-hybridized carbons (Fsp3) is 0.500. The van der Waals surface area contributed by atoms with Crippen LogP contribution in [0.2, 0.25) is 0 Å². The molecule has 0 unspecified atom stereocenters. The number of thioether (sulfide) groups is 1. The summed E-state index contributed by atoms with van der Waals surface area (Å²) >= 11 is 2.97. The Morgan fingerprint density at radius 3 is 2.93 bits per heavy atom. The zero-order valence-corrected chi connectivity index (χ0v) is 17.5. The predicted octanol–water partition coefficient (Wildman–Crippen LogP) is 3.33. The second-order valence-electron chi connectivity index (χ2n) is 6.76. The van der Waals surface area contributed by atoms with E-state index in [1.807, 2.05) is 36.1 Å². The highest BCUT2D eigenvalue weighted by atomic mass is 32.2. The molecule has 148 valence electrons. The largest absolute Gasteiger partial charge is 0.418 e. The first kappa shape index (κ1) is 19.1. The molecule has 0 aromatic carbocycles. The van der Waals surface area contributed by atoms with Crippen molar-refractivity contribution in [2.75, 3.05) is 12.3 Å². The van der Waals surface area contributed by atoms with E-state index in [0.717, 1.165) is 22.3 Å². The van der Waals surface area contributed by atoms with Crippen molar-refractivity contribution in [1.29, 1.82) is 0 Å². The van der Waals surface area contributed by atoms with Crippen LogP contribution in [-0.2, 0) is 18.4 Å². The minimum atomic E-state index is 0.0266. The summed E-state index contributed by atoms with van der Waals surface area (Å²) in [7, 11) is 1.97. The van der Waals surface area contributed by atoms with E-state index in [-0.39, 0.29) is 5.91 Å². The van der Waals surface area contributed by atoms with Crippen LogP contribution < -0.4 is 0 Å². The van der Waals surface area contributed by atoms with E-state index < -0.39 is 0 Å². The third-order valence-electron chi connectivity index (χ3n) is 4.51. The molecule has 1 saturated carbocycles. The molecule has 10 heteroatoms. The van der Waals surface area contributed by atoms with Crippen LogP contribution in [0.25, 0.3) is 10.8 Å². The van der Waals surface area contributed by atoms with Gasteiger partial charge in [-0.2, -0.15) is 0 Å². The summed E-state index contributed by atoms with van der Waals surface area (Å²) in [6.07, 6.45) is 3.22. The van der Waals surface area contributed by atoms with Gasteiger partial charge in [0.2, 0.25) is 11.8 Å². The molecule has 3 aromatic rings. The monoisotopic (exact) mass is 418 g/mol. The van der Waals surface area contributed by atoms with Crippen LogP contribution in [0.15, 0.2) is 27.1 Å². The van der Waals surface area contributed by atoms with E-state index in [2.05, 4.69) is 20.4 Å². The van der Waals surface area contributed by atoms with E-state index >= 15 is 0 Å². The Morgan fingerprint density at radius 2 is 2.21 bits per heavy atom. The standard InChI is InChI=1S/C18H22N6O2S2/c1-3-8-24(10-14-19-21-17(26-14)13-5-4-9-27-13)15(25)11-28-18-22-20-16(23(18)2)12-6-7-12/h4-5,9,12H,3,6-8,10-11H2,1-2H3. The van der Waals surface area contributed by atoms with Gasteiger partial charge in [0, 0.05) is 19.5 Å². The van der Waals surface area contributed by atoms with Crippen molar-refractivity contribution in [3.63, 3.8) is 0 Å². The Bertz CT molecular complexity index is 932. The Balaban J connectivity index is 1.37. The molecular formula is C18H22N6O2S2. The van der Waals surface area contributed by atoms with Crippen molar-refractivity contribution in [2.24, 2.45) is 7.05 Å². The average molecular weight is 419 g/mol. The van der Waals surface area contributed by atoms with Gasteiger partial charge in [-0.05, 0) is 30.7 Å². The lowest BCUT2D eigenvalue weighted by atomic mass is 10.4. The minimum absolute atomic E-state index is 0.0266.